The van der Waals surface area contributed by atoms with Crippen molar-refractivity contribution >= 4 is 0 Å². The van der Waals surface area contributed by atoms with Gasteiger partial charge in [0, 0.05) is 13.2 Å². The molecule has 0 amide bonds. The van der Waals surface area contributed by atoms with E-state index >= 15 is 0 Å². The molecule has 0 saturated heterocycles. The Morgan fingerprint density at radius 1 is 1.35 bits per heavy atom. The Bertz CT molecular complexity index is 393. The predicted octanol–water partition coefficient (Wildman–Crippen LogP) is 2.69. The molecule has 1 aromatic rings. The highest BCUT2D eigenvalue weighted by Crippen LogP contribution is 2.41. The van der Waals surface area contributed by atoms with Gasteiger partial charge < -0.3 is 10.1 Å². The Kier molecular flexibility index (Phi) is 5.54. The second-order valence-electron chi connectivity index (χ2n) is 5.66. The van der Waals surface area contributed by atoms with Gasteiger partial charge in [0.2, 0.25) is 0 Å². The lowest BCUT2D eigenvalue weighted by molar-refractivity contribution is -0.0915. The highest BCUT2D eigenvalue weighted by atomic mass is 16.5. The van der Waals surface area contributed by atoms with Crippen molar-refractivity contribution in [2.75, 3.05) is 13.7 Å². The lowest BCUT2D eigenvalue weighted by Crippen LogP contribution is -2.47. The van der Waals surface area contributed by atoms with Crippen molar-refractivity contribution in [3.8, 4) is 0 Å². The summed E-state index contributed by atoms with van der Waals surface area (Å²) in [6.07, 6.45) is 8.99. The first kappa shape index (κ1) is 15.4. The molecule has 114 valence electrons. The molecule has 1 aliphatic rings. The zero-order valence-electron chi connectivity index (χ0n) is 13.1. The molecule has 0 aromatic carbocycles. The highest BCUT2D eigenvalue weighted by Gasteiger charge is 2.42. The lowest BCUT2D eigenvalue weighted by atomic mass is 9.78. The van der Waals surface area contributed by atoms with E-state index in [2.05, 4.69) is 29.5 Å². The molecule has 1 unspecified atom stereocenters. The number of hydrogen-bond acceptors (Lipinski definition) is 4. The van der Waals surface area contributed by atoms with Gasteiger partial charge in [0.15, 0.2) is 0 Å². The zero-order chi connectivity index (χ0) is 14.4. The standard InChI is InChI=1S/C15H28N4O/c1-4-11-19-13(12-17-18-19)14(16-3)15(20-5-2)9-7-6-8-10-15/h12,14,16H,4-11H2,1-3H3. The molecule has 1 aliphatic carbocycles. The molecule has 1 aromatic heterocycles. The van der Waals surface area contributed by atoms with E-state index in [-0.39, 0.29) is 11.6 Å². The summed E-state index contributed by atoms with van der Waals surface area (Å²) in [6, 6.07) is 0.171. The van der Waals surface area contributed by atoms with Crippen LogP contribution in [0.1, 0.15) is 64.1 Å². The molecule has 0 bridgehead atoms. The van der Waals surface area contributed by atoms with Crippen molar-refractivity contribution in [1.82, 2.24) is 20.3 Å². The summed E-state index contributed by atoms with van der Waals surface area (Å²) >= 11 is 0. The Balaban J connectivity index is 2.29. The smallest absolute Gasteiger partial charge is 0.0891 e. The summed E-state index contributed by atoms with van der Waals surface area (Å²) in [6.45, 7) is 5.92. The number of rotatable bonds is 7. The van der Waals surface area contributed by atoms with Gasteiger partial charge >= 0.3 is 0 Å². The van der Waals surface area contributed by atoms with Gasteiger partial charge in [-0.1, -0.05) is 31.4 Å². The Hall–Kier alpha value is -0.940. The van der Waals surface area contributed by atoms with Crippen molar-refractivity contribution in [2.24, 2.45) is 0 Å². The third-order valence-corrected chi connectivity index (χ3v) is 4.33. The van der Waals surface area contributed by atoms with Gasteiger partial charge in [0.25, 0.3) is 0 Å². The van der Waals surface area contributed by atoms with E-state index in [4.69, 9.17) is 4.74 Å². The normalized spacial score (nSPS) is 19.9. The minimum atomic E-state index is -0.102. The lowest BCUT2D eigenvalue weighted by Gasteiger charge is -2.43. The molecular formula is C15H28N4O. The van der Waals surface area contributed by atoms with E-state index in [0.29, 0.717) is 0 Å². The van der Waals surface area contributed by atoms with Gasteiger partial charge in [-0.15, -0.1) is 5.10 Å². The van der Waals surface area contributed by atoms with Crippen LogP contribution in [0.5, 0.6) is 0 Å². The van der Waals surface area contributed by atoms with Crippen LogP contribution in [0.25, 0.3) is 0 Å². The fourth-order valence-electron chi connectivity index (χ4n) is 3.51. The first-order valence-corrected chi connectivity index (χ1v) is 7.97. The molecular weight excluding hydrogens is 252 g/mol. The second-order valence-corrected chi connectivity index (χ2v) is 5.66. The molecule has 0 radical (unpaired) electrons. The maximum atomic E-state index is 6.25. The fraction of sp³-hybridized carbons (Fsp3) is 0.867. The van der Waals surface area contributed by atoms with Crippen LogP contribution < -0.4 is 5.32 Å². The van der Waals surface area contributed by atoms with Crippen LogP contribution >= 0.6 is 0 Å². The molecule has 20 heavy (non-hydrogen) atoms. The van der Waals surface area contributed by atoms with E-state index in [1.807, 2.05) is 17.9 Å². The van der Waals surface area contributed by atoms with Crippen LogP contribution in [0.15, 0.2) is 6.20 Å². The largest absolute Gasteiger partial charge is 0.373 e. The van der Waals surface area contributed by atoms with E-state index in [9.17, 15) is 0 Å². The molecule has 2 rings (SSSR count). The number of nitrogens with zero attached hydrogens (tertiary/aromatic N) is 3. The van der Waals surface area contributed by atoms with Gasteiger partial charge in [0.1, 0.15) is 0 Å². The molecule has 1 fully saturated rings. The highest BCUT2D eigenvalue weighted by molar-refractivity contribution is 5.11. The van der Waals surface area contributed by atoms with Crippen molar-refractivity contribution in [3.05, 3.63) is 11.9 Å². The average Bonchev–Trinajstić information content (AvgIpc) is 2.90. The third kappa shape index (κ3) is 3.04. The Morgan fingerprint density at radius 3 is 2.70 bits per heavy atom. The van der Waals surface area contributed by atoms with Crippen molar-refractivity contribution in [2.45, 2.75) is 70.6 Å². The van der Waals surface area contributed by atoms with Crippen LogP contribution in [0, 0.1) is 0 Å². The van der Waals surface area contributed by atoms with Crippen molar-refractivity contribution < 1.29 is 4.74 Å². The van der Waals surface area contributed by atoms with Crippen molar-refractivity contribution in [3.63, 3.8) is 0 Å². The molecule has 5 nitrogen and oxygen atoms in total. The summed E-state index contributed by atoms with van der Waals surface area (Å²) in [5.41, 5.74) is 1.05. The van der Waals surface area contributed by atoms with E-state index < -0.39 is 0 Å². The monoisotopic (exact) mass is 280 g/mol. The average molecular weight is 280 g/mol. The minimum Gasteiger partial charge on any atom is -0.373 e. The maximum absolute atomic E-state index is 6.25. The van der Waals surface area contributed by atoms with Gasteiger partial charge in [-0.25, -0.2) is 4.68 Å². The van der Waals surface area contributed by atoms with Crippen LogP contribution in [0.2, 0.25) is 0 Å². The number of aryl methyl sites for hydroxylation is 1. The third-order valence-electron chi connectivity index (χ3n) is 4.33. The van der Waals surface area contributed by atoms with Crippen LogP contribution in [0.4, 0.5) is 0 Å². The summed E-state index contributed by atoms with van der Waals surface area (Å²) in [4.78, 5) is 0. The summed E-state index contributed by atoms with van der Waals surface area (Å²) < 4.78 is 8.27. The number of ether oxygens (including phenoxy) is 1. The maximum Gasteiger partial charge on any atom is 0.0891 e. The van der Waals surface area contributed by atoms with Gasteiger partial charge in [-0.3, -0.25) is 0 Å². The van der Waals surface area contributed by atoms with E-state index in [1.54, 1.807) is 0 Å². The first-order valence-electron chi connectivity index (χ1n) is 7.97. The molecule has 0 aliphatic heterocycles. The molecule has 1 saturated carbocycles. The predicted molar refractivity (Wildman–Crippen MR) is 79.6 cm³/mol. The minimum absolute atomic E-state index is 0.102. The molecule has 5 heteroatoms. The molecule has 0 spiro atoms. The van der Waals surface area contributed by atoms with Gasteiger partial charge in [-0.05, 0) is 33.2 Å². The number of nitrogens with one attached hydrogen (secondary N) is 1. The Morgan fingerprint density at radius 2 is 2.10 bits per heavy atom. The topological polar surface area (TPSA) is 52.0 Å². The molecule has 1 heterocycles. The fourth-order valence-corrected chi connectivity index (χ4v) is 3.51. The quantitative estimate of drug-likeness (QED) is 0.834. The van der Waals surface area contributed by atoms with Crippen LogP contribution in [-0.2, 0) is 11.3 Å². The number of likely N-dealkylation sites (N-methyl/N-ethyl adjacent to an activating group) is 1. The summed E-state index contributed by atoms with van der Waals surface area (Å²) in [5.74, 6) is 0. The van der Waals surface area contributed by atoms with E-state index in [1.165, 1.54) is 19.3 Å². The van der Waals surface area contributed by atoms with Crippen LogP contribution in [0.3, 0.4) is 0 Å². The molecule has 1 N–H and O–H groups in total. The van der Waals surface area contributed by atoms with E-state index in [0.717, 1.165) is 38.1 Å². The molecule has 1 atom stereocenters. The Labute approximate surface area is 122 Å². The second kappa shape index (κ2) is 7.18. The number of aromatic nitrogens is 3. The van der Waals surface area contributed by atoms with Crippen LogP contribution in [-0.4, -0.2) is 34.2 Å². The first-order chi connectivity index (χ1) is 9.77. The number of hydrogen-bond donors (Lipinski definition) is 1. The SMILES string of the molecule is CCCn1nncc1C(NC)C1(OCC)CCCCC1. The van der Waals surface area contributed by atoms with Gasteiger partial charge in [0.05, 0.1) is 23.5 Å². The summed E-state index contributed by atoms with van der Waals surface area (Å²) in [7, 11) is 2.02. The summed E-state index contributed by atoms with van der Waals surface area (Å²) in [5, 5.41) is 11.8. The van der Waals surface area contributed by atoms with Gasteiger partial charge in [-0.2, -0.15) is 0 Å². The van der Waals surface area contributed by atoms with Crippen molar-refractivity contribution in [1.29, 1.82) is 0 Å². The zero-order valence-corrected chi connectivity index (χ0v) is 13.1.